The van der Waals surface area contributed by atoms with Crippen LogP contribution in [0, 0.1) is 0 Å². The fraction of sp³-hybridized carbons (Fsp3) is 0.714. The van der Waals surface area contributed by atoms with E-state index in [2.05, 4.69) is 6.58 Å². The first kappa shape index (κ1) is 12.0. The minimum Gasteiger partial charge on any atom is -0.327 e. The Morgan fingerprint density at radius 2 is 2.17 bits per heavy atom. The van der Waals surface area contributed by atoms with Crippen LogP contribution in [0.5, 0.6) is 0 Å². The number of sulfone groups is 1. The molecule has 0 aliphatic carbocycles. The lowest BCUT2D eigenvalue weighted by atomic mass is 10.4. The summed E-state index contributed by atoms with van der Waals surface area (Å²) < 4.78 is 21.4. The number of hydrogen-bond acceptors (Lipinski definition) is 4. The molecule has 0 heterocycles. The van der Waals surface area contributed by atoms with Crippen LogP contribution in [0.15, 0.2) is 12.2 Å². The third kappa shape index (κ3) is 8.10. The standard InChI is InChI=1S/C7H15NO2S2/c1-7(5-8)6-11-3-4-12(2,9)10/h1,3-6,8H2,2H3. The average molecular weight is 209 g/mol. The van der Waals surface area contributed by atoms with Gasteiger partial charge in [0.15, 0.2) is 0 Å². The number of nitrogens with two attached hydrogens (primary N) is 1. The summed E-state index contributed by atoms with van der Waals surface area (Å²) in [5.74, 6) is 1.61. The Bertz CT molecular complexity index is 234. The molecule has 0 unspecified atom stereocenters. The Kier molecular flexibility index (Phi) is 5.61. The summed E-state index contributed by atoms with van der Waals surface area (Å²) in [6, 6.07) is 0. The van der Waals surface area contributed by atoms with Gasteiger partial charge in [-0.1, -0.05) is 12.2 Å². The molecule has 5 heteroatoms. The van der Waals surface area contributed by atoms with Crippen LogP contribution in [0.1, 0.15) is 0 Å². The fourth-order valence-corrected chi connectivity index (χ4v) is 2.72. The van der Waals surface area contributed by atoms with E-state index in [0.717, 1.165) is 11.3 Å². The maximum atomic E-state index is 10.7. The molecule has 0 rings (SSSR count). The largest absolute Gasteiger partial charge is 0.327 e. The lowest BCUT2D eigenvalue weighted by molar-refractivity contribution is 0.603. The summed E-state index contributed by atoms with van der Waals surface area (Å²) >= 11 is 1.55. The van der Waals surface area contributed by atoms with Gasteiger partial charge in [0.2, 0.25) is 0 Å². The summed E-state index contributed by atoms with van der Waals surface area (Å²) in [7, 11) is -2.81. The summed E-state index contributed by atoms with van der Waals surface area (Å²) in [5, 5.41) is 0. The number of rotatable bonds is 6. The molecule has 0 aromatic heterocycles. The molecule has 0 aliphatic rings. The Hall–Kier alpha value is -0.0000000000000000555. The smallest absolute Gasteiger partial charge is 0.148 e. The van der Waals surface area contributed by atoms with Crippen molar-refractivity contribution >= 4 is 21.6 Å². The zero-order valence-electron chi connectivity index (χ0n) is 7.25. The van der Waals surface area contributed by atoms with E-state index in [9.17, 15) is 8.42 Å². The minimum atomic E-state index is -2.81. The van der Waals surface area contributed by atoms with Gasteiger partial charge >= 0.3 is 0 Å². The fourth-order valence-electron chi connectivity index (χ4n) is 0.486. The van der Waals surface area contributed by atoms with Gasteiger partial charge in [-0.3, -0.25) is 0 Å². The molecule has 12 heavy (non-hydrogen) atoms. The third-order valence-corrected chi connectivity index (χ3v) is 3.50. The first-order valence-corrected chi connectivity index (χ1v) is 6.79. The van der Waals surface area contributed by atoms with Crippen molar-refractivity contribution in [2.75, 3.05) is 30.1 Å². The van der Waals surface area contributed by atoms with E-state index in [1.54, 1.807) is 11.8 Å². The molecule has 3 nitrogen and oxygen atoms in total. The summed E-state index contributed by atoms with van der Waals surface area (Å²) in [4.78, 5) is 0. The first-order valence-electron chi connectivity index (χ1n) is 3.58. The van der Waals surface area contributed by atoms with E-state index in [1.165, 1.54) is 6.26 Å². The maximum absolute atomic E-state index is 10.7. The quantitative estimate of drug-likeness (QED) is 0.504. The van der Waals surface area contributed by atoms with Crippen molar-refractivity contribution in [3.63, 3.8) is 0 Å². The van der Waals surface area contributed by atoms with Crippen molar-refractivity contribution in [1.29, 1.82) is 0 Å². The maximum Gasteiger partial charge on any atom is 0.148 e. The van der Waals surface area contributed by atoms with Crippen molar-refractivity contribution in [3.05, 3.63) is 12.2 Å². The lowest BCUT2D eigenvalue weighted by Crippen LogP contribution is -2.08. The molecule has 0 aromatic carbocycles. The Morgan fingerprint density at radius 3 is 2.58 bits per heavy atom. The Morgan fingerprint density at radius 1 is 1.58 bits per heavy atom. The van der Waals surface area contributed by atoms with E-state index in [-0.39, 0.29) is 5.75 Å². The van der Waals surface area contributed by atoms with Gasteiger partial charge in [-0.05, 0) is 0 Å². The van der Waals surface area contributed by atoms with Crippen molar-refractivity contribution in [1.82, 2.24) is 0 Å². The molecule has 0 saturated carbocycles. The summed E-state index contributed by atoms with van der Waals surface area (Å²) in [6.45, 7) is 4.19. The zero-order valence-corrected chi connectivity index (χ0v) is 8.88. The van der Waals surface area contributed by atoms with Gasteiger partial charge in [0.1, 0.15) is 9.84 Å². The molecule has 0 saturated heterocycles. The van der Waals surface area contributed by atoms with Crippen LogP contribution in [0.4, 0.5) is 0 Å². The second-order valence-corrected chi connectivity index (χ2v) is 6.00. The van der Waals surface area contributed by atoms with Gasteiger partial charge in [-0.25, -0.2) is 8.42 Å². The van der Waals surface area contributed by atoms with Crippen molar-refractivity contribution in [2.45, 2.75) is 0 Å². The van der Waals surface area contributed by atoms with Crippen LogP contribution >= 0.6 is 11.8 Å². The minimum absolute atomic E-state index is 0.232. The second-order valence-electron chi connectivity index (χ2n) is 2.64. The van der Waals surface area contributed by atoms with Crippen LogP contribution in [0.25, 0.3) is 0 Å². The molecule has 0 spiro atoms. The van der Waals surface area contributed by atoms with Gasteiger partial charge in [-0.15, -0.1) is 0 Å². The van der Waals surface area contributed by atoms with Crippen LogP contribution < -0.4 is 5.73 Å². The molecule has 0 atom stereocenters. The predicted octanol–water partition coefficient (Wildman–Crippen LogP) is 0.279. The highest BCUT2D eigenvalue weighted by atomic mass is 32.2. The van der Waals surface area contributed by atoms with E-state index in [0.29, 0.717) is 12.3 Å². The number of thioether (sulfide) groups is 1. The molecule has 0 radical (unpaired) electrons. The molecule has 0 bridgehead atoms. The molecular formula is C7H15NO2S2. The van der Waals surface area contributed by atoms with Crippen LogP contribution in [-0.4, -0.2) is 38.5 Å². The molecule has 72 valence electrons. The van der Waals surface area contributed by atoms with E-state index < -0.39 is 9.84 Å². The van der Waals surface area contributed by atoms with Gasteiger partial charge in [0.05, 0.1) is 5.75 Å². The van der Waals surface area contributed by atoms with Gasteiger partial charge in [-0.2, -0.15) is 11.8 Å². The van der Waals surface area contributed by atoms with Gasteiger partial charge < -0.3 is 5.73 Å². The van der Waals surface area contributed by atoms with Crippen molar-refractivity contribution in [2.24, 2.45) is 5.73 Å². The molecule has 0 aliphatic heterocycles. The Labute approximate surface area is 78.3 Å². The third-order valence-electron chi connectivity index (χ3n) is 1.19. The van der Waals surface area contributed by atoms with Crippen molar-refractivity contribution < 1.29 is 8.42 Å². The number of hydrogen-bond donors (Lipinski definition) is 1. The van der Waals surface area contributed by atoms with Gasteiger partial charge in [0, 0.05) is 24.3 Å². The predicted molar refractivity (Wildman–Crippen MR) is 55.2 cm³/mol. The highest BCUT2D eigenvalue weighted by Crippen LogP contribution is 2.05. The normalized spacial score (nSPS) is 11.5. The van der Waals surface area contributed by atoms with E-state index in [1.807, 2.05) is 0 Å². The van der Waals surface area contributed by atoms with E-state index >= 15 is 0 Å². The molecule has 0 amide bonds. The van der Waals surface area contributed by atoms with Crippen molar-refractivity contribution in [3.8, 4) is 0 Å². The summed E-state index contributed by atoms with van der Waals surface area (Å²) in [5.41, 5.74) is 6.26. The SMILES string of the molecule is C=C(CN)CSCCS(C)(=O)=O. The van der Waals surface area contributed by atoms with Gasteiger partial charge in [0.25, 0.3) is 0 Å². The zero-order chi connectivity index (χ0) is 9.61. The Balaban J connectivity index is 3.40. The highest BCUT2D eigenvalue weighted by Gasteiger charge is 2.01. The topological polar surface area (TPSA) is 60.2 Å². The average Bonchev–Trinajstić information content (AvgIpc) is 1.96. The van der Waals surface area contributed by atoms with E-state index in [4.69, 9.17) is 5.73 Å². The molecule has 2 N–H and O–H groups in total. The molecule has 0 aromatic rings. The molecular weight excluding hydrogens is 194 g/mol. The molecule has 0 fully saturated rings. The van der Waals surface area contributed by atoms with Crippen LogP contribution in [-0.2, 0) is 9.84 Å². The van der Waals surface area contributed by atoms with Crippen LogP contribution in [0.2, 0.25) is 0 Å². The summed E-state index contributed by atoms with van der Waals surface area (Å²) in [6.07, 6.45) is 1.24. The lowest BCUT2D eigenvalue weighted by Gasteiger charge is -2.01. The second kappa shape index (κ2) is 5.61. The first-order chi connectivity index (χ1) is 5.45. The highest BCUT2D eigenvalue weighted by molar-refractivity contribution is 8.00. The monoisotopic (exact) mass is 209 g/mol. The van der Waals surface area contributed by atoms with Crippen LogP contribution in [0.3, 0.4) is 0 Å².